The summed E-state index contributed by atoms with van der Waals surface area (Å²) in [5.74, 6) is -0.639. The van der Waals surface area contributed by atoms with Gasteiger partial charge in [0, 0.05) is 42.3 Å². The molecule has 0 spiro atoms. The Morgan fingerprint density at radius 3 is 2.62 bits per heavy atom. The molecule has 2 aromatic carbocycles. The molecule has 11 nitrogen and oxygen atoms in total. The van der Waals surface area contributed by atoms with E-state index in [-0.39, 0.29) is 24.9 Å². The van der Waals surface area contributed by atoms with Crippen molar-refractivity contribution >= 4 is 35.5 Å². The number of halogens is 1. The van der Waals surface area contributed by atoms with Gasteiger partial charge in [-0.1, -0.05) is 23.7 Å². The average Bonchev–Trinajstić information content (AvgIpc) is 3.62. The summed E-state index contributed by atoms with van der Waals surface area (Å²) >= 11 is 6.35. The number of benzene rings is 2. The Hall–Kier alpha value is -4.35. The number of methoxy groups -OCH3 is 1. The number of ether oxygens (including phenoxy) is 1. The molecule has 2 aromatic rings. The first-order valence-corrected chi connectivity index (χ1v) is 12.8. The van der Waals surface area contributed by atoms with Gasteiger partial charge in [0.25, 0.3) is 11.8 Å². The van der Waals surface area contributed by atoms with Crippen molar-refractivity contribution in [2.75, 3.05) is 33.3 Å². The second kappa shape index (κ2) is 9.44. The number of hydrogen-bond donors (Lipinski definition) is 2. The Labute approximate surface area is 229 Å². The predicted molar refractivity (Wildman–Crippen MR) is 143 cm³/mol. The lowest BCUT2D eigenvalue weighted by molar-refractivity contribution is -0.123. The van der Waals surface area contributed by atoms with Gasteiger partial charge in [0.15, 0.2) is 6.17 Å². The van der Waals surface area contributed by atoms with Crippen LogP contribution in [-0.4, -0.2) is 83.3 Å². The Bertz CT molecular complexity index is 1440. The summed E-state index contributed by atoms with van der Waals surface area (Å²) in [5.41, 5.74) is 10.3. The van der Waals surface area contributed by atoms with Crippen molar-refractivity contribution in [2.45, 2.75) is 11.6 Å². The Kier molecular flexibility index (Phi) is 6.04. The van der Waals surface area contributed by atoms with E-state index in [1.165, 1.54) is 12.0 Å². The maximum Gasteiger partial charge on any atom is 0.261 e. The van der Waals surface area contributed by atoms with Crippen LogP contribution in [0.25, 0.3) is 0 Å². The number of carbonyl (C=O) groups excluding carboxylic acids is 3. The van der Waals surface area contributed by atoms with Crippen molar-refractivity contribution in [1.82, 2.24) is 25.4 Å². The third kappa shape index (κ3) is 3.84. The van der Waals surface area contributed by atoms with Crippen LogP contribution in [0.1, 0.15) is 26.3 Å². The van der Waals surface area contributed by atoms with E-state index in [1.54, 1.807) is 54.8 Å². The molecule has 3 amide bonds. The smallest absolute Gasteiger partial charge is 0.261 e. The lowest BCUT2D eigenvalue weighted by atomic mass is 9.77. The molecule has 0 bridgehead atoms. The molecular formula is C27H26ClN7O4. The molecule has 1 fully saturated rings. The van der Waals surface area contributed by atoms with Crippen LogP contribution in [0.2, 0.25) is 5.02 Å². The van der Waals surface area contributed by atoms with Crippen LogP contribution in [0, 0.1) is 0 Å². The monoisotopic (exact) mass is 547 g/mol. The number of hydrazine groups is 2. The first-order valence-electron chi connectivity index (χ1n) is 12.4. The zero-order valence-electron chi connectivity index (χ0n) is 21.1. The van der Waals surface area contributed by atoms with Crippen molar-refractivity contribution in [3.63, 3.8) is 0 Å². The average molecular weight is 548 g/mol. The van der Waals surface area contributed by atoms with E-state index in [2.05, 4.69) is 10.4 Å². The predicted octanol–water partition coefficient (Wildman–Crippen LogP) is 1.49. The molecule has 12 heteroatoms. The van der Waals surface area contributed by atoms with E-state index in [0.29, 0.717) is 40.6 Å². The van der Waals surface area contributed by atoms with Gasteiger partial charge in [-0.25, -0.2) is 5.01 Å². The number of allylic oxidation sites excluding steroid dienone is 1. The van der Waals surface area contributed by atoms with Gasteiger partial charge in [-0.15, -0.1) is 0 Å². The molecule has 0 radical (unpaired) electrons. The fraction of sp³-hybridized carbons (Fsp3) is 0.259. The summed E-state index contributed by atoms with van der Waals surface area (Å²) in [7, 11) is 1.53. The maximum atomic E-state index is 13.2. The van der Waals surface area contributed by atoms with Crippen molar-refractivity contribution in [3.05, 3.63) is 88.4 Å². The zero-order chi connectivity index (χ0) is 27.3. The third-order valence-corrected chi connectivity index (χ3v) is 7.81. The highest BCUT2D eigenvalue weighted by Gasteiger charge is 2.58. The van der Waals surface area contributed by atoms with Gasteiger partial charge >= 0.3 is 0 Å². The largest absolute Gasteiger partial charge is 0.496 e. The molecule has 1 saturated heterocycles. The van der Waals surface area contributed by atoms with Gasteiger partial charge in [0.05, 0.1) is 37.0 Å². The molecule has 0 aromatic heterocycles. The van der Waals surface area contributed by atoms with E-state index in [4.69, 9.17) is 22.1 Å². The first-order chi connectivity index (χ1) is 18.8. The summed E-state index contributed by atoms with van der Waals surface area (Å²) in [6.07, 6.45) is 6.47. The number of fused-ring (bicyclic) bond motifs is 2. The summed E-state index contributed by atoms with van der Waals surface area (Å²) in [4.78, 5) is 44.6. The number of hydrogen-bond acceptors (Lipinski definition) is 9. The molecule has 4 heterocycles. The Morgan fingerprint density at radius 2 is 1.92 bits per heavy atom. The van der Waals surface area contributed by atoms with Crippen molar-refractivity contribution in [3.8, 4) is 5.75 Å². The van der Waals surface area contributed by atoms with Crippen LogP contribution >= 0.6 is 11.6 Å². The second-order valence-corrected chi connectivity index (χ2v) is 10.1. The van der Waals surface area contributed by atoms with E-state index in [1.807, 2.05) is 27.4 Å². The van der Waals surface area contributed by atoms with Crippen LogP contribution in [0.15, 0.2) is 71.6 Å². The minimum absolute atomic E-state index is 0.200. The van der Waals surface area contributed by atoms with Gasteiger partial charge in [-0.2, -0.15) is 0 Å². The highest BCUT2D eigenvalue weighted by atomic mass is 35.5. The van der Waals surface area contributed by atoms with Crippen LogP contribution < -0.4 is 15.9 Å². The molecule has 2 unspecified atom stereocenters. The first kappa shape index (κ1) is 25.0. The quantitative estimate of drug-likeness (QED) is 0.500. The number of amides is 3. The minimum Gasteiger partial charge on any atom is -0.496 e. The van der Waals surface area contributed by atoms with Gasteiger partial charge in [-0.05, 0) is 36.4 Å². The van der Waals surface area contributed by atoms with Crippen LogP contribution in [-0.2, 0) is 10.2 Å². The van der Waals surface area contributed by atoms with E-state index in [0.717, 1.165) is 5.70 Å². The summed E-state index contributed by atoms with van der Waals surface area (Å²) in [6, 6.07) is 12.0. The molecule has 200 valence electrons. The SMILES string of the molecule is COc1ccc(Cl)cc1C1(C(N)=O)CN(C2=CNN(CCN3C(=O)c4ccccc4C3=O)C2)N2C=CC=NC21. The van der Waals surface area contributed by atoms with Gasteiger partial charge in [-0.3, -0.25) is 34.3 Å². The topological polar surface area (TPSA) is 124 Å². The summed E-state index contributed by atoms with van der Waals surface area (Å²) in [6.45, 7) is 1.28. The Balaban J connectivity index is 1.22. The summed E-state index contributed by atoms with van der Waals surface area (Å²) in [5, 5.41) is 6.19. The summed E-state index contributed by atoms with van der Waals surface area (Å²) < 4.78 is 5.60. The lowest BCUT2D eigenvalue weighted by Gasteiger charge is -2.34. The maximum absolute atomic E-state index is 13.2. The van der Waals surface area contributed by atoms with Crippen LogP contribution in [0.5, 0.6) is 5.75 Å². The number of carbonyl (C=O) groups is 3. The van der Waals surface area contributed by atoms with E-state index >= 15 is 0 Å². The van der Waals surface area contributed by atoms with Gasteiger partial charge < -0.3 is 15.9 Å². The number of imide groups is 1. The molecule has 4 aliphatic rings. The number of rotatable bonds is 7. The van der Waals surface area contributed by atoms with E-state index in [9.17, 15) is 14.4 Å². The fourth-order valence-corrected chi connectivity index (χ4v) is 5.80. The fourth-order valence-electron chi connectivity index (χ4n) is 5.63. The van der Waals surface area contributed by atoms with Crippen molar-refractivity contribution < 1.29 is 19.1 Å². The molecule has 4 aliphatic heterocycles. The van der Waals surface area contributed by atoms with Crippen LogP contribution in [0.4, 0.5) is 0 Å². The number of nitrogens with two attached hydrogens (primary N) is 1. The molecule has 3 N–H and O–H groups in total. The highest BCUT2D eigenvalue weighted by molar-refractivity contribution is 6.30. The molecular weight excluding hydrogens is 522 g/mol. The van der Waals surface area contributed by atoms with Crippen LogP contribution in [0.3, 0.4) is 0 Å². The number of primary amides is 1. The molecule has 6 rings (SSSR count). The van der Waals surface area contributed by atoms with Crippen molar-refractivity contribution in [1.29, 1.82) is 0 Å². The van der Waals surface area contributed by atoms with Gasteiger partial charge in [0.2, 0.25) is 5.91 Å². The molecule has 0 saturated carbocycles. The Morgan fingerprint density at radius 1 is 1.18 bits per heavy atom. The van der Waals surface area contributed by atoms with Crippen molar-refractivity contribution in [2.24, 2.45) is 10.7 Å². The lowest BCUT2D eigenvalue weighted by Crippen LogP contribution is -2.51. The van der Waals surface area contributed by atoms with E-state index < -0.39 is 17.5 Å². The second-order valence-electron chi connectivity index (χ2n) is 9.63. The highest BCUT2D eigenvalue weighted by Crippen LogP contribution is 2.46. The number of nitrogens with zero attached hydrogens (tertiary/aromatic N) is 5. The minimum atomic E-state index is -1.26. The number of nitrogens with one attached hydrogen (secondary N) is 1. The normalized spacial score (nSPS) is 23.7. The molecule has 39 heavy (non-hydrogen) atoms. The zero-order valence-corrected chi connectivity index (χ0v) is 21.8. The standard InChI is InChI=1S/C27H26ClN7O4/c1-39-22-8-7-17(28)13-21(22)27(25(29)38)16-35(34-10-4-9-30-26(27)34)18-14-31-32(15-18)11-12-33-23(36)19-5-2-3-6-20(19)24(33)37/h2-10,13-14,26,31H,11-12,15-16H2,1H3,(H2,29,38). The molecule has 0 aliphatic carbocycles. The van der Waals surface area contributed by atoms with Gasteiger partial charge in [0.1, 0.15) is 11.2 Å². The third-order valence-electron chi connectivity index (χ3n) is 7.57. The number of aliphatic imine (C=N–C) groups is 1. The molecule has 2 atom stereocenters.